The van der Waals surface area contributed by atoms with Crippen molar-refractivity contribution >= 4 is 29.3 Å². The van der Waals surface area contributed by atoms with Gasteiger partial charge in [0, 0.05) is 16.6 Å². The lowest BCUT2D eigenvalue weighted by atomic mass is 10.2. The molecule has 1 atom stereocenters. The van der Waals surface area contributed by atoms with E-state index in [0.29, 0.717) is 0 Å². The third kappa shape index (κ3) is 5.22. The van der Waals surface area contributed by atoms with Crippen LogP contribution in [-0.2, 0) is 9.53 Å². The normalized spacial score (nSPS) is 11.9. The van der Waals surface area contributed by atoms with Crippen LogP contribution in [0.15, 0.2) is 47.4 Å². The molecule has 0 aromatic heterocycles. The number of carbonyl (C=O) groups is 2. The molecule has 0 saturated carbocycles. The summed E-state index contributed by atoms with van der Waals surface area (Å²) in [5.41, 5.74) is -0.129. The number of esters is 1. The molecule has 138 valence electrons. The van der Waals surface area contributed by atoms with E-state index in [1.807, 2.05) is 0 Å². The van der Waals surface area contributed by atoms with Crippen LogP contribution in [0.2, 0.25) is 0 Å². The van der Waals surface area contributed by atoms with E-state index in [2.05, 4.69) is 5.32 Å². The van der Waals surface area contributed by atoms with Crippen LogP contribution in [-0.4, -0.2) is 23.7 Å². The molecule has 0 aliphatic carbocycles. The summed E-state index contributed by atoms with van der Waals surface area (Å²) in [5.74, 6) is -6.69. The van der Waals surface area contributed by atoms with Crippen LogP contribution in [0.4, 0.5) is 23.2 Å². The fourth-order valence-electron chi connectivity index (χ4n) is 1.93. The summed E-state index contributed by atoms with van der Waals surface area (Å²) in [6.07, 6.45) is -1.29. The molecule has 0 heterocycles. The second-order valence-corrected chi connectivity index (χ2v) is 6.07. The molecular formula is C17H13F4NO3S. The molecule has 0 bridgehead atoms. The molecule has 0 aliphatic rings. The van der Waals surface area contributed by atoms with Crippen LogP contribution in [0.5, 0.6) is 0 Å². The van der Waals surface area contributed by atoms with Gasteiger partial charge in [-0.25, -0.2) is 13.6 Å². The maximum absolute atomic E-state index is 13.1. The van der Waals surface area contributed by atoms with Crippen LogP contribution < -0.4 is 5.32 Å². The van der Waals surface area contributed by atoms with Gasteiger partial charge in [0.25, 0.3) is 11.7 Å². The van der Waals surface area contributed by atoms with Gasteiger partial charge >= 0.3 is 5.97 Å². The molecule has 0 radical (unpaired) electrons. The zero-order chi connectivity index (χ0) is 19.3. The quantitative estimate of drug-likeness (QED) is 0.452. The van der Waals surface area contributed by atoms with E-state index >= 15 is 0 Å². The van der Waals surface area contributed by atoms with Crippen LogP contribution in [0.3, 0.4) is 0 Å². The van der Waals surface area contributed by atoms with Gasteiger partial charge < -0.3 is 10.1 Å². The van der Waals surface area contributed by atoms with Crippen LogP contribution in [0.25, 0.3) is 0 Å². The number of anilines is 1. The molecule has 0 aliphatic heterocycles. The zero-order valence-electron chi connectivity index (χ0n) is 13.3. The first-order valence-electron chi connectivity index (χ1n) is 7.28. The minimum atomic E-state index is -2.72. The van der Waals surface area contributed by atoms with Gasteiger partial charge in [0.1, 0.15) is 0 Å². The summed E-state index contributed by atoms with van der Waals surface area (Å²) >= 11 is 0.183. The average Bonchev–Trinajstić information content (AvgIpc) is 2.58. The Hall–Kier alpha value is -2.55. The summed E-state index contributed by atoms with van der Waals surface area (Å²) in [4.78, 5) is 24.2. The van der Waals surface area contributed by atoms with Gasteiger partial charge in [-0.05, 0) is 31.2 Å². The Morgan fingerprint density at radius 1 is 1.08 bits per heavy atom. The summed E-state index contributed by atoms with van der Waals surface area (Å²) in [5, 5.41) is 2.27. The number of rotatable bonds is 6. The number of benzene rings is 2. The fraction of sp³-hybridized carbons (Fsp3) is 0.176. The van der Waals surface area contributed by atoms with Crippen molar-refractivity contribution in [3.63, 3.8) is 0 Å². The molecule has 1 amide bonds. The van der Waals surface area contributed by atoms with E-state index in [1.165, 1.54) is 31.2 Å². The van der Waals surface area contributed by atoms with Crippen molar-refractivity contribution in [3.8, 4) is 0 Å². The molecule has 2 aromatic rings. The Bertz CT molecular complexity index is 816. The van der Waals surface area contributed by atoms with E-state index in [4.69, 9.17) is 4.74 Å². The number of halogens is 4. The SMILES string of the molecule is C[C@H](OC(=O)c1ccccc1SC(F)F)C(=O)Nc1ccc(F)c(F)c1. The number of hydrogen-bond acceptors (Lipinski definition) is 4. The van der Waals surface area contributed by atoms with Crippen molar-refractivity contribution in [1.82, 2.24) is 0 Å². The first-order valence-corrected chi connectivity index (χ1v) is 8.16. The molecule has 26 heavy (non-hydrogen) atoms. The Morgan fingerprint density at radius 3 is 2.42 bits per heavy atom. The van der Waals surface area contributed by atoms with E-state index in [-0.39, 0.29) is 27.9 Å². The van der Waals surface area contributed by atoms with Crippen molar-refractivity contribution in [3.05, 3.63) is 59.7 Å². The maximum atomic E-state index is 13.1. The molecule has 0 fully saturated rings. The average molecular weight is 387 g/mol. The second kappa shape index (κ2) is 8.70. The summed E-state index contributed by atoms with van der Waals surface area (Å²) < 4.78 is 56.1. The standard InChI is InChI=1S/C17H13F4NO3S/c1-9(15(23)22-10-6-7-12(18)13(19)8-10)25-16(24)11-4-2-3-5-14(11)26-17(20)21/h2-9,17H,1H3,(H,22,23)/t9-/m0/s1. The summed E-state index contributed by atoms with van der Waals surface area (Å²) in [7, 11) is 0. The molecule has 2 aromatic carbocycles. The van der Waals surface area contributed by atoms with Crippen molar-refractivity contribution in [2.45, 2.75) is 23.7 Å². The number of alkyl halides is 2. The lowest BCUT2D eigenvalue weighted by Crippen LogP contribution is -2.30. The molecule has 4 nitrogen and oxygen atoms in total. The third-order valence-corrected chi connectivity index (χ3v) is 3.95. The van der Waals surface area contributed by atoms with Crippen LogP contribution >= 0.6 is 11.8 Å². The predicted molar refractivity (Wildman–Crippen MR) is 88.2 cm³/mol. The van der Waals surface area contributed by atoms with Crippen molar-refractivity contribution in [2.75, 3.05) is 5.32 Å². The van der Waals surface area contributed by atoms with E-state index in [0.717, 1.165) is 18.2 Å². The Labute approximate surface area is 150 Å². The highest BCUT2D eigenvalue weighted by atomic mass is 32.2. The minimum Gasteiger partial charge on any atom is -0.449 e. The molecule has 0 saturated heterocycles. The number of nitrogens with one attached hydrogen (secondary N) is 1. The maximum Gasteiger partial charge on any atom is 0.340 e. The molecule has 1 N–H and O–H groups in total. The minimum absolute atomic E-state index is 0.0145. The third-order valence-electron chi connectivity index (χ3n) is 3.16. The van der Waals surface area contributed by atoms with Gasteiger partial charge in [-0.1, -0.05) is 23.9 Å². The summed E-state index contributed by atoms with van der Waals surface area (Å²) in [6.45, 7) is 1.26. The van der Waals surface area contributed by atoms with Gasteiger partial charge in [-0.15, -0.1) is 0 Å². The largest absolute Gasteiger partial charge is 0.449 e. The van der Waals surface area contributed by atoms with Crippen LogP contribution in [0.1, 0.15) is 17.3 Å². The molecule has 0 unspecified atom stereocenters. The number of carbonyl (C=O) groups excluding carboxylic acids is 2. The fourth-order valence-corrected chi connectivity index (χ4v) is 2.56. The molecule has 2 rings (SSSR count). The van der Waals surface area contributed by atoms with Crippen molar-refractivity contribution in [2.24, 2.45) is 0 Å². The molecular weight excluding hydrogens is 374 g/mol. The highest BCUT2D eigenvalue weighted by molar-refractivity contribution is 7.99. The summed E-state index contributed by atoms with van der Waals surface area (Å²) in [6, 6.07) is 8.33. The lowest BCUT2D eigenvalue weighted by molar-refractivity contribution is -0.123. The Morgan fingerprint density at radius 2 is 1.77 bits per heavy atom. The second-order valence-electron chi connectivity index (χ2n) is 5.04. The number of amides is 1. The first kappa shape index (κ1) is 19.8. The van der Waals surface area contributed by atoms with Gasteiger partial charge in [0.2, 0.25) is 0 Å². The van der Waals surface area contributed by atoms with Gasteiger partial charge in [0.15, 0.2) is 17.7 Å². The topological polar surface area (TPSA) is 55.4 Å². The Balaban J connectivity index is 2.04. The predicted octanol–water partition coefficient (Wildman–Crippen LogP) is 4.46. The molecule has 9 heteroatoms. The molecule has 0 spiro atoms. The van der Waals surface area contributed by atoms with Gasteiger partial charge in [0.05, 0.1) is 5.56 Å². The van der Waals surface area contributed by atoms with E-state index in [9.17, 15) is 27.2 Å². The lowest BCUT2D eigenvalue weighted by Gasteiger charge is -2.15. The number of thioether (sulfide) groups is 1. The highest BCUT2D eigenvalue weighted by Gasteiger charge is 2.22. The number of ether oxygens (including phenoxy) is 1. The van der Waals surface area contributed by atoms with Crippen LogP contribution in [0, 0.1) is 11.6 Å². The smallest absolute Gasteiger partial charge is 0.340 e. The van der Waals surface area contributed by atoms with Gasteiger partial charge in [-0.2, -0.15) is 8.78 Å². The van der Waals surface area contributed by atoms with E-state index in [1.54, 1.807) is 0 Å². The Kier molecular flexibility index (Phi) is 6.62. The van der Waals surface area contributed by atoms with Crippen molar-refractivity contribution in [1.29, 1.82) is 0 Å². The zero-order valence-corrected chi connectivity index (χ0v) is 14.2. The monoisotopic (exact) mass is 387 g/mol. The highest BCUT2D eigenvalue weighted by Crippen LogP contribution is 2.29. The number of hydrogen-bond donors (Lipinski definition) is 1. The van der Waals surface area contributed by atoms with E-state index < -0.39 is 35.4 Å². The van der Waals surface area contributed by atoms with Crippen molar-refractivity contribution < 1.29 is 31.9 Å². The van der Waals surface area contributed by atoms with Gasteiger partial charge in [-0.3, -0.25) is 4.79 Å². The first-order chi connectivity index (χ1) is 12.3.